The van der Waals surface area contributed by atoms with Gasteiger partial charge in [0.15, 0.2) is 0 Å². The number of aliphatic hydroxyl groups excluding tert-OH is 1. The topological polar surface area (TPSA) is 38.7 Å². The molecule has 0 atom stereocenters. The summed E-state index contributed by atoms with van der Waals surface area (Å²) in [5.41, 5.74) is 0. The molecule has 68 valence electrons. The summed E-state index contributed by atoms with van der Waals surface area (Å²) >= 11 is 0. The zero-order chi connectivity index (χ0) is 8.36. The Bertz CT molecular complexity index is 58.4. The number of rotatable bonds is 8. The average molecular weight is 162 g/mol. The van der Waals surface area contributed by atoms with Crippen LogP contribution in [0.5, 0.6) is 0 Å². The van der Waals surface area contributed by atoms with Gasteiger partial charge in [-0.15, -0.1) is 0 Å². The fourth-order valence-electron chi connectivity index (χ4n) is 0.637. The Morgan fingerprint density at radius 3 is 2.45 bits per heavy atom. The molecule has 0 unspecified atom stereocenters. The first-order valence-corrected chi connectivity index (χ1v) is 4.18. The summed E-state index contributed by atoms with van der Waals surface area (Å²) in [5, 5.41) is 8.42. The van der Waals surface area contributed by atoms with Crippen molar-refractivity contribution in [1.82, 2.24) is 0 Å². The zero-order valence-corrected chi connectivity index (χ0v) is 7.21. The summed E-state index contributed by atoms with van der Waals surface area (Å²) in [6.45, 7) is 4.15. The zero-order valence-electron chi connectivity index (χ0n) is 7.21. The van der Waals surface area contributed by atoms with Crippen molar-refractivity contribution in [2.75, 3.05) is 26.6 Å². The van der Waals surface area contributed by atoms with E-state index in [0.29, 0.717) is 13.4 Å². The molecule has 3 nitrogen and oxygen atoms in total. The molecular formula is C8H18O3. The summed E-state index contributed by atoms with van der Waals surface area (Å²) < 4.78 is 10.2. The first kappa shape index (κ1) is 10.9. The largest absolute Gasteiger partial charge is 0.396 e. The molecule has 11 heavy (non-hydrogen) atoms. The van der Waals surface area contributed by atoms with Gasteiger partial charge in [-0.05, 0) is 19.3 Å². The molecule has 0 aromatic carbocycles. The number of hydrogen-bond acceptors (Lipinski definition) is 3. The van der Waals surface area contributed by atoms with Crippen molar-refractivity contribution in [3.63, 3.8) is 0 Å². The van der Waals surface area contributed by atoms with E-state index in [0.717, 1.165) is 25.9 Å². The van der Waals surface area contributed by atoms with Gasteiger partial charge in [0, 0.05) is 19.8 Å². The van der Waals surface area contributed by atoms with Gasteiger partial charge in [-0.2, -0.15) is 0 Å². The van der Waals surface area contributed by atoms with Crippen LogP contribution in [-0.2, 0) is 9.47 Å². The van der Waals surface area contributed by atoms with Gasteiger partial charge in [-0.3, -0.25) is 0 Å². The molecule has 0 rings (SSSR count). The average Bonchev–Trinajstić information content (AvgIpc) is 2.03. The van der Waals surface area contributed by atoms with Gasteiger partial charge in [0.25, 0.3) is 0 Å². The molecule has 0 saturated carbocycles. The maximum atomic E-state index is 8.42. The lowest BCUT2D eigenvalue weighted by molar-refractivity contribution is -0.0548. The minimum Gasteiger partial charge on any atom is -0.396 e. The minimum absolute atomic E-state index is 0.249. The molecule has 0 heterocycles. The number of aliphatic hydroxyl groups is 1. The third kappa shape index (κ3) is 9.88. The molecular weight excluding hydrogens is 144 g/mol. The van der Waals surface area contributed by atoms with E-state index >= 15 is 0 Å². The van der Waals surface area contributed by atoms with Crippen LogP contribution in [0.2, 0.25) is 0 Å². The predicted molar refractivity (Wildman–Crippen MR) is 43.4 cm³/mol. The van der Waals surface area contributed by atoms with Crippen LogP contribution in [-0.4, -0.2) is 31.7 Å². The van der Waals surface area contributed by atoms with Gasteiger partial charge in [0.05, 0.1) is 0 Å². The Morgan fingerprint density at radius 1 is 1.09 bits per heavy atom. The highest BCUT2D eigenvalue weighted by atomic mass is 16.7. The molecule has 0 aliphatic rings. The highest BCUT2D eigenvalue weighted by Crippen LogP contribution is 1.89. The smallest absolute Gasteiger partial charge is 0.146 e. The van der Waals surface area contributed by atoms with E-state index in [1.165, 1.54) is 0 Å². The Balaban J connectivity index is 2.69. The molecule has 0 radical (unpaired) electrons. The number of ether oxygens (including phenoxy) is 2. The molecule has 0 aliphatic carbocycles. The monoisotopic (exact) mass is 162 g/mol. The Kier molecular flexibility index (Phi) is 9.77. The lowest BCUT2D eigenvalue weighted by atomic mass is 10.3. The lowest BCUT2D eigenvalue weighted by Crippen LogP contribution is -2.02. The van der Waals surface area contributed by atoms with Crippen molar-refractivity contribution < 1.29 is 14.6 Å². The number of hydrogen-bond donors (Lipinski definition) is 1. The first-order chi connectivity index (χ1) is 5.41. The van der Waals surface area contributed by atoms with E-state index in [2.05, 4.69) is 6.92 Å². The van der Waals surface area contributed by atoms with Crippen molar-refractivity contribution >= 4 is 0 Å². The molecule has 3 heteroatoms. The van der Waals surface area contributed by atoms with Gasteiger partial charge >= 0.3 is 0 Å². The fraction of sp³-hybridized carbons (Fsp3) is 1.00. The standard InChI is InChI=1S/C8H18O3/c1-2-6-10-8-11-7-4-3-5-9/h9H,2-8H2,1H3. The van der Waals surface area contributed by atoms with E-state index in [4.69, 9.17) is 14.6 Å². The van der Waals surface area contributed by atoms with Crippen molar-refractivity contribution in [1.29, 1.82) is 0 Å². The Labute approximate surface area is 68.3 Å². The minimum atomic E-state index is 0.249. The third-order valence-corrected chi connectivity index (χ3v) is 1.21. The van der Waals surface area contributed by atoms with E-state index < -0.39 is 0 Å². The Hall–Kier alpha value is -0.120. The molecule has 0 aromatic heterocycles. The molecule has 0 bridgehead atoms. The molecule has 0 fully saturated rings. The summed E-state index contributed by atoms with van der Waals surface area (Å²) in [7, 11) is 0. The second-order valence-electron chi connectivity index (χ2n) is 2.37. The van der Waals surface area contributed by atoms with Crippen molar-refractivity contribution in [2.45, 2.75) is 26.2 Å². The Morgan fingerprint density at radius 2 is 1.82 bits per heavy atom. The SMILES string of the molecule is CCCOCOCCCCO. The maximum Gasteiger partial charge on any atom is 0.146 e. The summed E-state index contributed by atoms with van der Waals surface area (Å²) in [6, 6.07) is 0. The quantitative estimate of drug-likeness (QED) is 0.430. The van der Waals surface area contributed by atoms with Crippen molar-refractivity contribution in [3.05, 3.63) is 0 Å². The first-order valence-electron chi connectivity index (χ1n) is 4.18. The summed E-state index contributed by atoms with van der Waals surface area (Å²) in [5.74, 6) is 0. The van der Waals surface area contributed by atoms with Crippen molar-refractivity contribution in [3.8, 4) is 0 Å². The van der Waals surface area contributed by atoms with Gasteiger partial charge in [0.1, 0.15) is 6.79 Å². The molecule has 1 N–H and O–H groups in total. The predicted octanol–water partition coefficient (Wildman–Crippen LogP) is 1.16. The molecule has 0 aliphatic heterocycles. The van der Waals surface area contributed by atoms with Crippen LogP contribution in [0.1, 0.15) is 26.2 Å². The maximum absolute atomic E-state index is 8.42. The fourth-order valence-corrected chi connectivity index (χ4v) is 0.637. The van der Waals surface area contributed by atoms with Crippen LogP contribution < -0.4 is 0 Å². The second kappa shape index (κ2) is 9.88. The lowest BCUT2D eigenvalue weighted by Gasteiger charge is -2.03. The summed E-state index contributed by atoms with van der Waals surface area (Å²) in [6.07, 6.45) is 2.75. The van der Waals surface area contributed by atoms with E-state index in [1.54, 1.807) is 0 Å². The third-order valence-electron chi connectivity index (χ3n) is 1.21. The second-order valence-corrected chi connectivity index (χ2v) is 2.37. The molecule has 0 spiro atoms. The van der Waals surface area contributed by atoms with Crippen LogP contribution in [0.15, 0.2) is 0 Å². The molecule has 0 aromatic rings. The van der Waals surface area contributed by atoms with E-state index in [9.17, 15) is 0 Å². The van der Waals surface area contributed by atoms with Crippen LogP contribution in [0.3, 0.4) is 0 Å². The van der Waals surface area contributed by atoms with Gasteiger partial charge in [0.2, 0.25) is 0 Å². The van der Waals surface area contributed by atoms with Crippen molar-refractivity contribution in [2.24, 2.45) is 0 Å². The van der Waals surface area contributed by atoms with Crippen LogP contribution in [0.25, 0.3) is 0 Å². The van der Waals surface area contributed by atoms with Gasteiger partial charge < -0.3 is 14.6 Å². The highest BCUT2D eigenvalue weighted by Gasteiger charge is 1.87. The number of unbranched alkanes of at least 4 members (excludes halogenated alkanes) is 1. The summed E-state index contributed by atoms with van der Waals surface area (Å²) in [4.78, 5) is 0. The molecule has 0 amide bonds. The molecule has 0 saturated heterocycles. The highest BCUT2D eigenvalue weighted by molar-refractivity contribution is 4.33. The normalized spacial score (nSPS) is 10.4. The van der Waals surface area contributed by atoms with Crippen LogP contribution in [0, 0.1) is 0 Å². The van der Waals surface area contributed by atoms with Gasteiger partial charge in [-0.1, -0.05) is 6.92 Å². The van der Waals surface area contributed by atoms with Crippen LogP contribution in [0.4, 0.5) is 0 Å². The van der Waals surface area contributed by atoms with E-state index in [-0.39, 0.29) is 6.61 Å². The van der Waals surface area contributed by atoms with Gasteiger partial charge in [-0.25, -0.2) is 0 Å². The van der Waals surface area contributed by atoms with E-state index in [1.807, 2.05) is 0 Å². The van der Waals surface area contributed by atoms with Crippen LogP contribution >= 0.6 is 0 Å².